The molecule has 10 heteroatoms. The molecule has 0 saturated heterocycles. The average molecular weight is 430 g/mol. The Morgan fingerprint density at radius 1 is 1.20 bits per heavy atom. The van der Waals surface area contributed by atoms with E-state index in [0.29, 0.717) is 43.7 Å². The highest BCUT2D eigenvalue weighted by atomic mass is 19.4. The first-order chi connectivity index (χ1) is 14.2. The first kappa shape index (κ1) is 22.7. The van der Waals surface area contributed by atoms with Crippen LogP contribution < -0.4 is 11.1 Å². The number of hydrogen-bond acceptors (Lipinski definition) is 6. The van der Waals surface area contributed by atoms with Crippen molar-refractivity contribution >= 4 is 11.9 Å². The van der Waals surface area contributed by atoms with E-state index in [-0.39, 0.29) is 30.0 Å². The molecule has 1 aromatic rings. The van der Waals surface area contributed by atoms with Crippen molar-refractivity contribution in [2.45, 2.75) is 69.7 Å². The van der Waals surface area contributed by atoms with Gasteiger partial charge in [0.2, 0.25) is 5.95 Å². The van der Waals surface area contributed by atoms with E-state index >= 15 is 0 Å². The van der Waals surface area contributed by atoms with Crippen LogP contribution in [0.3, 0.4) is 0 Å². The van der Waals surface area contributed by atoms with E-state index in [2.05, 4.69) is 15.3 Å². The number of primary amides is 1. The maximum atomic E-state index is 12.3. The van der Waals surface area contributed by atoms with Gasteiger partial charge in [0.25, 0.3) is 5.91 Å². The lowest BCUT2D eigenvalue weighted by atomic mass is 9.91. The van der Waals surface area contributed by atoms with E-state index < -0.39 is 24.8 Å². The summed E-state index contributed by atoms with van der Waals surface area (Å²) in [7, 11) is 0. The molecule has 0 radical (unpaired) electrons. The Labute approximate surface area is 173 Å². The third-order valence-corrected chi connectivity index (χ3v) is 6.13. The molecule has 0 aromatic carbocycles. The van der Waals surface area contributed by atoms with Gasteiger partial charge in [0.05, 0.1) is 17.4 Å². The summed E-state index contributed by atoms with van der Waals surface area (Å²) in [6.07, 6.45) is 2.60. The van der Waals surface area contributed by atoms with Gasteiger partial charge in [-0.1, -0.05) is 6.42 Å². The van der Waals surface area contributed by atoms with E-state index in [0.717, 1.165) is 19.3 Å². The van der Waals surface area contributed by atoms with Crippen molar-refractivity contribution in [1.29, 1.82) is 0 Å². The van der Waals surface area contributed by atoms with Crippen molar-refractivity contribution in [1.82, 2.24) is 9.97 Å². The van der Waals surface area contributed by atoms with Crippen molar-refractivity contribution in [3.8, 4) is 0 Å². The van der Waals surface area contributed by atoms with E-state index in [9.17, 15) is 23.1 Å². The van der Waals surface area contributed by atoms with Crippen LogP contribution in [0.5, 0.6) is 0 Å². The fourth-order valence-corrected chi connectivity index (χ4v) is 4.49. The average Bonchev–Trinajstić information content (AvgIpc) is 3.14. The number of nitrogens with two attached hydrogens (primary N) is 1. The van der Waals surface area contributed by atoms with Crippen LogP contribution in [-0.4, -0.2) is 52.5 Å². The number of ether oxygens (including phenoxy) is 1. The van der Waals surface area contributed by atoms with E-state index in [4.69, 9.17) is 10.5 Å². The van der Waals surface area contributed by atoms with E-state index in [1.807, 2.05) is 0 Å². The smallest absolute Gasteiger partial charge is 0.396 e. The van der Waals surface area contributed by atoms with Gasteiger partial charge in [-0.25, -0.2) is 9.97 Å². The second-order valence-electron chi connectivity index (χ2n) is 8.30. The molecular formula is C20H29F3N4O3. The number of carbonyl (C=O) groups is 1. The molecule has 2 saturated carbocycles. The minimum atomic E-state index is -4.31. The van der Waals surface area contributed by atoms with Gasteiger partial charge < -0.3 is 20.9 Å². The van der Waals surface area contributed by atoms with Gasteiger partial charge in [0.1, 0.15) is 6.61 Å². The number of anilines is 1. The zero-order valence-electron chi connectivity index (χ0n) is 16.8. The molecule has 2 aliphatic carbocycles. The van der Waals surface area contributed by atoms with Crippen LogP contribution in [0.25, 0.3) is 0 Å². The SMILES string of the molecule is NC(=O)c1cnc(NC2CCC(OCC(F)(F)F)CC2)nc1CC1CCC[C@H]1CO. The first-order valence-corrected chi connectivity index (χ1v) is 10.5. The lowest BCUT2D eigenvalue weighted by molar-refractivity contribution is -0.187. The number of alkyl halides is 3. The summed E-state index contributed by atoms with van der Waals surface area (Å²) >= 11 is 0. The highest BCUT2D eigenvalue weighted by Crippen LogP contribution is 2.34. The maximum absolute atomic E-state index is 12.3. The summed E-state index contributed by atoms with van der Waals surface area (Å²) in [4.78, 5) is 20.5. The summed E-state index contributed by atoms with van der Waals surface area (Å²) in [6, 6.07) is 0.0275. The van der Waals surface area contributed by atoms with Gasteiger partial charge >= 0.3 is 6.18 Å². The number of amides is 1. The van der Waals surface area contributed by atoms with E-state index in [1.54, 1.807) is 0 Å². The van der Waals surface area contributed by atoms with Gasteiger partial charge in [0, 0.05) is 18.8 Å². The molecule has 7 nitrogen and oxygen atoms in total. The molecule has 2 aliphatic rings. The van der Waals surface area contributed by atoms with Crippen LogP contribution in [0.15, 0.2) is 6.20 Å². The second-order valence-corrected chi connectivity index (χ2v) is 8.30. The molecule has 3 rings (SSSR count). The number of aliphatic hydroxyl groups is 1. The van der Waals surface area contributed by atoms with Crippen molar-refractivity contribution in [3.63, 3.8) is 0 Å². The number of nitrogens with zero attached hydrogens (tertiary/aromatic N) is 2. The molecule has 4 N–H and O–H groups in total. The molecule has 2 fully saturated rings. The van der Waals surface area contributed by atoms with Gasteiger partial charge in [0.15, 0.2) is 0 Å². The molecule has 0 bridgehead atoms. The van der Waals surface area contributed by atoms with Crippen LogP contribution in [0.4, 0.5) is 19.1 Å². The summed E-state index contributed by atoms with van der Waals surface area (Å²) in [5, 5.41) is 12.8. The van der Waals surface area contributed by atoms with Crippen molar-refractivity contribution < 1.29 is 27.8 Å². The maximum Gasteiger partial charge on any atom is 0.411 e. The molecule has 0 spiro atoms. The monoisotopic (exact) mass is 430 g/mol. The highest BCUT2D eigenvalue weighted by Gasteiger charge is 2.31. The largest absolute Gasteiger partial charge is 0.411 e. The Morgan fingerprint density at radius 3 is 2.53 bits per heavy atom. The summed E-state index contributed by atoms with van der Waals surface area (Å²) < 4.78 is 41.8. The Hall–Kier alpha value is -1.94. The summed E-state index contributed by atoms with van der Waals surface area (Å²) in [5.41, 5.74) is 6.34. The van der Waals surface area contributed by atoms with Gasteiger partial charge in [-0.3, -0.25) is 4.79 Å². The minimum absolute atomic E-state index is 0.0275. The van der Waals surface area contributed by atoms with Crippen LogP contribution in [0.1, 0.15) is 61.0 Å². The number of nitrogens with one attached hydrogen (secondary N) is 1. The van der Waals surface area contributed by atoms with E-state index in [1.165, 1.54) is 6.20 Å². The fraction of sp³-hybridized carbons (Fsp3) is 0.750. The minimum Gasteiger partial charge on any atom is -0.396 e. The van der Waals surface area contributed by atoms with Gasteiger partial charge in [-0.05, 0) is 56.8 Å². The second kappa shape index (κ2) is 9.91. The molecule has 30 heavy (non-hydrogen) atoms. The quantitative estimate of drug-likeness (QED) is 0.585. The molecule has 0 aliphatic heterocycles. The van der Waals surface area contributed by atoms with Crippen LogP contribution in [0, 0.1) is 11.8 Å². The Morgan fingerprint density at radius 2 is 1.90 bits per heavy atom. The van der Waals surface area contributed by atoms with Gasteiger partial charge in [-0.15, -0.1) is 0 Å². The molecule has 1 aromatic heterocycles. The number of rotatable bonds is 8. The summed E-state index contributed by atoms with van der Waals surface area (Å²) in [5.74, 6) is 0.242. The number of aromatic nitrogens is 2. The highest BCUT2D eigenvalue weighted by molar-refractivity contribution is 5.93. The molecule has 1 unspecified atom stereocenters. The van der Waals surface area contributed by atoms with Crippen LogP contribution in [0.2, 0.25) is 0 Å². The zero-order valence-corrected chi connectivity index (χ0v) is 16.8. The number of carbonyl (C=O) groups excluding carboxylic acids is 1. The van der Waals surface area contributed by atoms with Crippen molar-refractivity contribution in [3.05, 3.63) is 17.5 Å². The Balaban J connectivity index is 1.59. The predicted molar refractivity (Wildman–Crippen MR) is 104 cm³/mol. The lowest BCUT2D eigenvalue weighted by Gasteiger charge is -2.29. The third-order valence-electron chi connectivity index (χ3n) is 6.13. The normalized spacial score (nSPS) is 27.2. The number of hydrogen-bond donors (Lipinski definition) is 3. The predicted octanol–water partition coefficient (Wildman–Crippen LogP) is 2.83. The number of aliphatic hydroxyl groups excluding tert-OH is 1. The standard InChI is InChI=1S/C20H29F3N4O3/c21-20(22,23)11-30-15-6-4-14(5-7-15)26-19-25-9-16(18(24)29)17(27-19)8-12-2-1-3-13(12)10-28/h9,12-15,28H,1-8,10-11H2,(H2,24,29)(H,25,26,27)/t12?,13-,14?,15?/m0/s1. The molecule has 1 heterocycles. The molecule has 168 valence electrons. The lowest BCUT2D eigenvalue weighted by Crippen LogP contribution is -2.32. The van der Waals surface area contributed by atoms with Crippen molar-refractivity contribution in [2.75, 3.05) is 18.5 Å². The topological polar surface area (TPSA) is 110 Å². The zero-order chi connectivity index (χ0) is 21.7. The Bertz CT molecular complexity index is 724. The summed E-state index contributed by atoms with van der Waals surface area (Å²) in [6.45, 7) is -1.10. The van der Waals surface area contributed by atoms with Crippen LogP contribution >= 0.6 is 0 Å². The van der Waals surface area contributed by atoms with Crippen LogP contribution in [-0.2, 0) is 11.2 Å². The molecule has 1 amide bonds. The molecule has 2 atom stereocenters. The molecular weight excluding hydrogens is 401 g/mol. The Kier molecular flexibility index (Phi) is 7.51. The number of halogens is 3. The van der Waals surface area contributed by atoms with Gasteiger partial charge in [-0.2, -0.15) is 13.2 Å². The first-order valence-electron chi connectivity index (χ1n) is 10.5. The fourth-order valence-electron chi connectivity index (χ4n) is 4.49. The third kappa shape index (κ3) is 6.28. The van der Waals surface area contributed by atoms with Crippen molar-refractivity contribution in [2.24, 2.45) is 17.6 Å².